The topological polar surface area (TPSA) is 93.3 Å². The van der Waals surface area contributed by atoms with Crippen LogP contribution in [0.25, 0.3) is 10.6 Å². The number of nitro benzene ring substituents is 1. The van der Waals surface area contributed by atoms with E-state index in [0.717, 1.165) is 11.3 Å². The van der Waals surface area contributed by atoms with Crippen LogP contribution in [0.3, 0.4) is 0 Å². The molecule has 6 nitrogen and oxygen atoms in total. The van der Waals surface area contributed by atoms with Gasteiger partial charge < -0.3 is 5.11 Å². The number of rotatable bonds is 5. The number of hydrogen-bond acceptors (Lipinski definition) is 5. The van der Waals surface area contributed by atoms with Crippen LogP contribution in [-0.2, 0) is 6.42 Å². The average molecular weight is 306 g/mol. The van der Waals surface area contributed by atoms with Gasteiger partial charge in [-0.25, -0.2) is 9.78 Å². The van der Waals surface area contributed by atoms with Gasteiger partial charge >= 0.3 is 5.97 Å². The minimum atomic E-state index is -1.05. The van der Waals surface area contributed by atoms with Crippen LogP contribution in [0.4, 0.5) is 5.69 Å². The van der Waals surface area contributed by atoms with Gasteiger partial charge in [0.2, 0.25) is 0 Å². The molecule has 0 spiro atoms. The zero-order valence-corrected chi connectivity index (χ0v) is 12.4. The van der Waals surface area contributed by atoms with Gasteiger partial charge in [-0.1, -0.05) is 26.0 Å². The Morgan fingerprint density at radius 3 is 2.67 bits per heavy atom. The summed E-state index contributed by atoms with van der Waals surface area (Å²) in [5, 5.41) is 20.7. The van der Waals surface area contributed by atoms with Gasteiger partial charge in [0.1, 0.15) is 9.88 Å². The summed E-state index contributed by atoms with van der Waals surface area (Å²) < 4.78 is 0. The van der Waals surface area contributed by atoms with E-state index in [4.69, 9.17) is 0 Å². The first-order valence-corrected chi connectivity index (χ1v) is 7.18. The fraction of sp³-hybridized carbons (Fsp3) is 0.286. The van der Waals surface area contributed by atoms with Gasteiger partial charge in [-0.2, -0.15) is 0 Å². The first-order chi connectivity index (χ1) is 9.90. The van der Waals surface area contributed by atoms with Crippen LogP contribution in [0.2, 0.25) is 0 Å². The zero-order valence-electron chi connectivity index (χ0n) is 11.6. The third-order valence-electron chi connectivity index (χ3n) is 2.82. The van der Waals surface area contributed by atoms with Crippen LogP contribution < -0.4 is 0 Å². The maximum atomic E-state index is 11.3. The van der Waals surface area contributed by atoms with Crippen LogP contribution in [0.1, 0.15) is 29.2 Å². The number of aromatic nitrogens is 1. The van der Waals surface area contributed by atoms with Crippen molar-refractivity contribution in [3.05, 3.63) is 45.0 Å². The molecular formula is C14H14N2O4S. The molecule has 0 atom stereocenters. The summed E-state index contributed by atoms with van der Waals surface area (Å²) in [6.07, 6.45) is 0.527. The van der Waals surface area contributed by atoms with Gasteiger partial charge in [0, 0.05) is 6.07 Å². The predicted octanol–water partition coefficient (Wildman–Crippen LogP) is 3.62. The molecule has 2 aromatic rings. The van der Waals surface area contributed by atoms with Crippen LogP contribution in [0, 0.1) is 16.0 Å². The molecule has 0 radical (unpaired) electrons. The molecule has 0 saturated heterocycles. The van der Waals surface area contributed by atoms with Crippen molar-refractivity contribution in [1.29, 1.82) is 0 Å². The quantitative estimate of drug-likeness (QED) is 0.672. The minimum absolute atomic E-state index is 0.0701. The molecule has 7 heteroatoms. The number of nitrogens with zero attached hydrogens (tertiary/aromatic N) is 2. The Labute approximate surface area is 125 Å². The third-order valence-corrected chi connectivity index (χ3v) is 3.94. The molecule has 110 valence electrons. The number of hydrogen-bond donors (Lipinski definition) is 1. The highest BCUT2D eigenvalue weighted by molar-refractivity contribution is 7.17. The van der Waals surface area contributed by atoms with E-state index in [1.807, 2.05) is 13.8 Å². The highest BCUT2D eigenvalue weighted by Crippen LogP contribution is 2.34. The van der Waals surface area contributed by atoms with Crippen molar-refractivity contribution in [3.8, 4) is 10.6 Å². The maximum absolute atomic E-state index is 11.3. The Bertz CT molecular complexity index is 694. The summed E-state index contributed by atoms with van der Waals surface area (Å²) in [6.45, 7) is 3.94. The lowest BCUT2D eigenvalue weighted by molar-refractivity contribution is -0.384. The number of carboxylic acids is 1. The number of para-hydroxylation sites is 1. The molecule has 0 aliphatic carbocycles. The normalized spacial score (nSPS) is 10.8. The molecule has 2 rings (SSSR count). The van der Waals surface area contributed by atoms with E-state index in [1.165, 1.54) is 6.07 Å². The number of nitro groups is 1. The molecule has 0 unspecified atom stereocenters. The van der Waals surface area contributed by atoms with Crippen molar-refractivity contribution in [2.24, 2.45) is 5.92 Å². The summed E-state index contributed by atoms with van der Waals surface area (Å²) in [5.74, 6) is -0.795. The van der Waals surface area contributed by atoms with E-state index >= 15 is 0 Å². The lowest BCUT2D eigenvalue weighted by Gasteiger charge is -2.01. The van der Waals surface area contributed by atoms with Gasteiger partial charge in [0.05, 0.1) is 16.2 Å². The van der Waals surface area contributed by atoms with E-state index in [2.05, 4.69) is 4.98 Å². The molecule has 0 saturated carbocycles. The highest BCUT2D eigenvalue weighted by Gasteiger charge is 2.23. The summed E-state index contributed by atoms with van der Waals surface area (Å²) in [6, 6.07) is 6.22. The standard InChI is InChI=1S/C14H14N2O4S/c1-8(2)7-10-12(14(17)18)21-13(15-10)9-5-3-4-6-11(9)16(19)20/h3-6,8H,7H2,1-2H3,(H,17,18). The Balaban J connectivity index is 2.55. The van der Waals surface area contributed by atoms with E-state index in [-0.39, 0.29) is 16.5 Å². The lowest BCUT2D eigenvalue weighted by atomic mass is 10.1. The molecule has 1 heterocycles. The Morgan fingerprint density at radius 2 is 2.10 bits per heavy atom. The molecule has 21 heavy (non-hydrogen) atoms. The Kier molecular flexibility index (Phi) is 4.32. The largest absolute Gasteiger partial charge is 0.477 e. The number of carboxylic acid groups (broad SMARTS) is 1. The van der Waals surface area contributed by atoms with E-state index < -0.39 is 10.9 Å². The molecule has 0 fully saturated rings. The number of thiazole rings is 1. The van der Waals surface area contributed by atoms with Crippen molar-refractivity contribution >= 4 is 23.0 Å². The van der Waals surface area contributed by atoms with Crippen LogP contribution in [-0.4, -0.2) is 21.0 Å². The minimum Gasteiger partial charge on any atom is -0.477 e. The molecule has 0 amide bonds. The van der Waals surface area contributed by atoms with Crippen molar-refractivity contribution in [1.82, 2.24) is 4.98 Å². The van der Waals surface area contributed by atoms with Gasteiger partial charge in [-0.05, 0) is 18.4 Å². The first kappa shape index (κ1) is 15.1. The summed E-state index contributed by atoms with van der Waals surface area (Å²) >= 11 is 0.979. The second-order valence-electron chi connectivity index (χ2n) is 4.97. The van der Waals surface area contributed by atoms with Gasteiger partial charge in [0.15, 0.2) is 0 Å². The third kappa shape index (κ3) is 3.25. The molecule has 0 aliphatic rings. The summed E-state index contributed by atoms with van der Waals surface area (Å²) in [5.41, 5.74) is 0.764. The van der Waals surface area contributed by atoms with Crippen molar-refractivity contribution in [3.63, 3.8) is 0 Å². The van der Waals surface area contributed by atoms with E-state index in [0.29, 0.717) is 22.7 Å². The van der Waals surface area contributed by atoms with Crippen LogP contribution >= 0.6 is 11.3 Å². The molecule has 1 N–H and O–H groups in total. The highest BCUT2D eigenvalue weighted by atomic mass is 32.1. The fourth-order valence-corrected chi connectivity index (χ4v) is 2.94. The monoisotopic (exact) mass is 306 g/mol. The summed E-state index contributed by atoms with van der Waals surface area (Å²) in [4.78, 5) is 26.3. The summed E-state index contributed by atoms with van der Waals surface area (Å²) in [7, 11) is 0. The predicted molar refractivity (Wildman–Crippen MR) is 79.7 cm³/mol. The van der Waals surface area contributed by atoms with Gasteiger partial charge in [-0.3, -0.25) is 10.1 Å². The molecule has 1 aromatic heterocycles. The van der Waals surface area contributed by atoms with Gasteiger partial charge in [-0.15, -0.1) is 11.3 Å². The number of carbonyl (C=O) groups is 1. The van der Waals surface area contributed by atoms with Crippen LogP contribution in [0.5, 0.6) is 0 Å². The van der Waals surface area contributed by atoms with Crippen molar-refractivity contribution < 1.29 is 14.8 Å². The fourth-order valence-electron chi connectivity index (χ4n) is 1.97. The number of benzene rings is 1. The van der Waals surface area contributed by atoms with E-state index in [9.17, 15) is 20.0 Å². The van der Waals surface area contributed by atoms with Crippen molar-refractivity contribution in [2.45, 2.75) is 20.3 Å². The Hall–Kier alpha value is -2.28. The van der Waals surface area contributed by atoms with E-state index in [1.54, 1.807) is 18.2 Å². The average Bonchev–Trinajstić information content (AvgIpc) is 2.81. The van der Waals surface area contributed by atoms with Crippen molar-refractivity contribution in [2.75, 3.05) is 0 Å². The van der Waals surface area contributed by atoms with Gasteiger partial charge in [0.25, 0.3) is 5.69 Å². The zero-order chi connectivity index (χ0) is 15.6. The molecular weight excluding hydrogens is 292 g/mol. The molecule has 0 bridgehead atoms. The second kappa shape index (κ2) is 6.01. The lowest BCUT2D eigenvalue weighted by Crippen LogP contribution is -2.02. The number of aromatic carboxylic acids is 1. The molecule has 0 aliphatic heterocycles. The molecule has 1 aromatic carbocycles. The smallest absolute Gasteiger partial charge is 0.347 e. The maximum Gasteiger partial charge on any atom is 0.347 e. The second-order valence-corrected chi connectivity index (χ2v) is 5.97. The van der Waals surface area contributed by atoms with Crippen LogP contribution in [0.15, 0.2) is 24.3 Å². The first-order valence-electron chi connectivity index (χ1n) is 6.37. The Morgan fingerprint density at radius 1 is 1.43 bits per heavy atom. The SMILES string of the molecule is CC(C)Cc1nc(-c2ccccc2[N+](=O)[O-])sc1C(=O)O.